The number of thiazole rings is 1. The molecule has 102 valence electrons. The molecular formula is C14H14N4OS. The number of benzene rings is 1. The lowest BCUT2D eigenvalue weighted by atomic mass is 10.1. The molecule has 3 rings (SSSR count). The van der Waals surface area contributed by atoms with Crippen LogP contribution in [-0.2, 0) is 0 Å². The SMILES string of the molecule is CCC(NC(=O)c1ccc2cn[nH]c2c1)c1nccs1. The molecule has 2 aromatic heterocycles. The van der Waals surface area contributed by atoms with E-state index in [9.17, 15) is 4.79 Å². The molecule has 1 aromatic carbocycles. The summed E-state index contributed by atoms with van der Waals surface area (Å²) in [7, 11) is 0. The fourth-order valence-corrected chi connectivity index (χ4v) is 2.84. The maximum atomic E-state index is 12.3. The van der Waals surface area contributed by atoms with E-state index in [1.807, 2.05) is 30.5 Å². The van der Waals surface area contributed by atoms with E-state index in [1.165, 1.54) is 0 Å². The van der Waals surface area contributed by atoms with Gasteiger partial charge in [-0.1, -0.05) is 13.0 Å². The van der Waals surface area contributed by atoms with E-state index in [4.69, 9.17) is 0 Å². The van der Waals surface area contributed by atoms with Crippen molar-refractivity contribution in [3.05, 3.63) is 46.5 Å². The standard InChI is InChI=1S/C14H14N4OS/c1-2-11(14-15-5-6-20-14)17-13(19)9-3-4-10-8-16-18-12(10)7-9/h3-8,11H,2H2,1H3,(H,16,18)(H,17,19). The third-order valence-corrected chi connectivity index (χ3v) is 4.06. The fraction of sp³-hybridized carbons (Fsp3) is 0.214. The average Bonchev–Trinajstić information content (AvgIpc) is 3.14. The Morgan fingerprint density at radius 2 is 2.40 bits per heavy atom. The third kappa shape index (κ3) is 2.42. The van der Waals surface area contributed by atoms with Gasteiger partial charge in [0.15, 0.2) is 0 Å². The highest BCUT2D eigenvalue weighted by Crippen LogP contribution is 2.20. The number of amides is 1. The highest BCUT2D eigenvalue weighted by atomic mass is 32.1. The Morgan fingerprint density at radius 3 is 3.15 bits per heavy atom. The zero-order valence-electron chi connectivity index (χ0n) is 11.0. The lowest BCUT2D eigenvalue weighted by Gasteiger charge is -2.14. The van der Waals surface area contributed by atoms with E-state index >= 15 is 0 Å². The molecule has 20 heavy (non-hydrogen) atoms. The minimum absolute atomic E-state index is 0.0417. The molecule has 0 saturated heterocycles. The molecular weight excluding hydrogens is 272 g/mol. The Morgan fingerprint density at radius 1 is 1.50 bits per heavy atom. The topological polar surface area (TPSA) is 70.7 Å². The molecule has 1 unspecified atom stereocenters. The smallest absolute Gasteiger partial charge is 0.251 e. The second-order valence-electron chi connectivity index (χ2n) is 4.48. The summed E-state index contributed by atoms with van der Waals surface area (Å²) >= 11 is 1.55. The minimum Gasteiger partial charge on any atom is -0.343 e. The van der Waals surface area contributed by atoms with Gasteiger partial charge in [-0.05, 0) is 18.6 Å². The van der Waals surface area contributed by atoms with Crippen molar-refractivity contribution in [3.63, 3.8) is 0 Å². The second-order valence-corrected chi connectivity index (χ2v) is 5.40. The molecule has 0 spiro atoms. The van der Waals surface area contributed by atoms with Gasteiger partial charge < -0.3 is 5.32 Å². The highest BCUT2D eigenvalue weighted by molar-refractivity contribution is 7.09. The molecule has 2 heterocycles. The number of aromatic nitrogens is 3. The molecule has 5 nitrogen and oxygen atoms in total. The van der Waals surface area contributed by atoms with Gasteiger partial charge in [0.05, 0.1) is 17.8 Å². The molecule has 1 atom stereocenters. The highest BCUT2D eigenvalue weighted by Gasteiger charge is 2.16. The number of carbonyl (C=O) groups excluding carboxylic acids is 1. The summed E-state index contributed by atoms with van der Waals surface area (Å²) in [5, 5.41) is 13.7. The van der Waals surface area contributed by atoms with Crippen LogP contribution in [0.1, 0.15) is 34.8 Å². The maximum absolute atomic E-state index is 12.3. The summed E-state index contributed by atoms with van der Waals surface area (Å²) in [5.41, 5.74) is 1.48. The van der Waals surface area contributed by atoms with Crippen molar-refractivity contribution < 1.29 is 4.79 Å². The Labute approximate surface area is 120 Å². The number of aromatic amines is 1. The minimum atomic E-state index is -0.0939. The van der Waals surface area contributed by atoms with Gasteiger partial charge >= 0.3 is 0 Å². The number of nitrogens with zero attached hydrogens (tertiary/aromatic N) is 2. The first-order valence-corrected chi connectivity index (χ1v) is 7.29. The third-order valence-electron chi connectivity index (χ3n) is 3.17. The number of rotatable bonds is 4. The summed E-state index contributed by atoms with van der Waals surface area (Å²) in [6, 6.07) is 5.46. The summed E-state index contributed by atoms with van der Waals surface area (Å²) in [4.78, 5) is 16.6. The Hall–Kier alpha value is -2.21. The predicted octanol–water partition coefficient (Wildman–Crippen LogP) is 2.90. The van der Waals surface area contributed by atoms with Crippen LogP contribution in [0.3, 0.4) is 0 Å². The van der Waals surface area contributed by atoms with Crippen molar-refractivity contribution in [1.29, 1.82) is 0 Å². The van der Waals surface area contributed by atoms with Crippen LogP contribution in [0, 0.1) is 0 Å². The number of fused-ring (bicyclic) bond motifs is 1. The van der Waals surface area contributed by atoms with Gasteiger partial charge in [-0.2, -0.15) is 5.10 Å². The molecule has 6 heteroatoms. The number of nitrogens with one attached hydrogen (secondary N) is 2. The van der Waals surface area contributed by atoms with Gasteiger partial charge in [0.1, 0.15) is 5.01 Å². The van der Waals surface area contributed by atoms with Crippen molar-refractivity contribution in [3.8, 4) is 0 Å². The van der Waals surface area contributed by atoms with E-state index < -0.39 is 0 Å². The van der Waals surface area contributed by atoms with E-state index in [0.29, 0.717) is 5.56 Å². The predicted molar refractivity (Wildman–Crippen MR) is 78.7 cm³/mol. The molecule has 0 aliphatic heterocycles. The van der Waals surface area contributed by atoms with Crippen molar-refractivity contribution in [2.24, 2.45) is 0 Å². The largest absolute Gasteiger partial charge is 0.343 e. The first-order chi connectivity index (χ1) is 9.78. The fourth-order valence-electron chi connectivity index (χ4n) is 2.06. The van der Waals surface area contributed by atoms with Crippen LogP contribution in [0.15, 0.2) is 36.0 Å². The molecule has 0 radical (unpaired) electrons. The quantitative estimate of drug-likeness (QED) is 0.774. The lowest BCUT2D eigenvalue weighted by Crippen LogP contribution is -2.28. The first kappa shape index (κ1) is 12.8. The summed E-state index contributed by atoms with van der Waals surface area (Å²) in [6.07, 6.45) is 4.30. The molecule has 2 N–H and O–H groups in total. The van der Waals surface area contributed by atoms with Crippen molar-refractivity contribution in [2.75, 3.05) is 0 Å². The van der Waals surface area contributed by atoms with Crippen LogP contribution in [0.25, 0.3) is 10.9 Å². The molecule has 0 bridgehead atoms. The van der Waals surface area contributed by atoms with E-state index in [2.05, 4.69) is 20.5 Å². The summed E-state index contributed by atoms with van der Waals surface area (Å²) in [6.45, 7) is 2.03. The van der Waals surface area contributed by atoms with E-state index in [-0.39, 0.29) is 11.9 Å². The first-order valence-electron chi connectivity index (χ1n) is 6.41. The molecule has 0 saturated carbocycles. The van der Waals surface area contributed by atoms with Gasteiger partial charge in [-0.25, -0.2) is 4.98 Å². The zero-order valence-corrected chi connectivity index (χ0v) is 11.8. The van der Waals surface area contributed by atoms with Crippen LogP contribution in [0.2, 0.25) is 0 Å². The number of H-pyrrole nitrogens is 1. The molecule has 3 aromatic rings. The van der Waals surface area contributed by atoms with Gasteiger partial charge in [0, 0.05) is 22.5 Å². The zero-order chi connectivity index (χ0) is 13.9. The van der Waals surface area contributed by atoms with Crippen molar-refractivity contribution >= 4 is 28.1 Å². The second kappa shape index (κ2) is 5.42. The Balaban J connectivity index is 1.81. The summed E-state index contributed by atoms with van der Waals surface area (Å²) in [5.74, 6) is -0.0939. The van der Waals surface area contributed by atoms with E-state index in [0.717, 1.165) is 22.3 Å². The maximum Gasteiger partial charge on any atom is 0.251 e. The molecule has 0 fully saturated rings. The number of hydrogen-bond acceptors (Lipinski definition) is 4. The van der Waals surface area contributed by atoms with Gasteiger partial charge in [0.2, 0.25) is 0 Å². The monoisotopic (exact) mass is 286 g/mol. The van der Waals surface area contributed by atoms with Crippen LogP contribution in [0.5, 0.6) is 0 Å². The summed E-state index contributed by atoms with van der Waals surface area (Å²) < 4.78 is 0. The molecule has 0 aliphatic rings. The number of carbonyl (C=O) groups is 1. The normalized spacial score (nSPS) is 12.4. The van der Waals surface area contributed by atoms with Gasteiger partial charge in [-0.15, -0.1) is 11.3 Å². The Bertz CT molecular complexity index is 720. The van der Waals surface area contributed by atoms with E-state index in [1.54, 1.807) is 23.7 Å². The molecule has 1 amide bonds. The number of hydrogen-bond donors (Lipinski definition) is 2. The lowest BCUT2D eigenvalue weighted by molar-refractivity contribution is 0.0935. The average molecular weight is 286 g/mol. The van der Waals surface area contributed by atoms with Crippen molar-refractivity contribution in [2.45, 2.75) is 19.4 Å². The van der Waals surface area contributed by atoms with Crippen LogP contribution >= 0.6 is 11.3 Å². The van der Waals surface area contributed by atoms with Crippen LogP contribution in [-0.4, -0.2) is 21.1 Å². The molecule has 0 aliphatic carbocycles. The van der Waals surface area contributed by atoms with Gasteiger partial charge in [-0.3, -0.25) is 9.89 Å². The van der Waals surface area contributed by atoms with Crippen molar-refractivity contribution in [1.82, 2.24) is 20.5 Å². The van der Waals surface area contributed by atoms with Gasteiger partial charge in [0.25, 0.3) is 5.91 Å². The Kier molecular flexibility index (Phi) is 3.47. The van der Waals surface area contributed by atoms with Crippen LogP contribution < -0.4 is 5.32 Å². The van der Waals surface area contributed by atoms with Crippen LogP contribution in [0.4, 0.5) is 0 Å².